The predicted molar refractivity (Wildman–Crippen MR) is 184 cm³/mol. The lowest BCUT2D eigenvalue weighted by Crippen LogP contribution is -2.42. The van der Waals surface area contributed by atoms with Gasteiger partial charge in [-0.15, -0.1) is 0 Å². The lowest BCUT2D eigenvalue weighted by Gasteiger charge is -2.39. The van der Waals surface area contributed by atoms with Gasteiger partial charge in [0.05, 0.1) is 16.9 Å². The summed E-state index contributed by atoms with van der Waals surface area (Å²) in [4.78, 5) is 6.23. The number of hydrogen-bond acceptors (Lipinski definition) is 2. The first-order valence-corrected chi connectivity index (χ1v) is 15.0. The standard InChI is InChI=1S/C40H24BN2O/c1-2-10-24(11-3-1)27-21-31(29-15-8-14-28-30-20-25-12-4-5-13-26(25)22-33(30)42-39(28)29)38-35(23-27)43-34-17-6-7-18-36(34)44-37-19-9-16-32(41-38)40(37)43/h1-23,42H. The highest BCUT2D eigenvalue weighted by atomic mass is 16.5. The summed E-state index contributed by atoms with van der Waals surface area (Å²) in [6.07, 6.45) is 0. The zero-order valence-corrected chi connectivity index (χ0v) is 23.7. The third kappa shape index (κ3) is 3.34. The van der Waals surface area contributed by atoms with Gasteiger partial charge in [0.15, 0.2) is 18.8 Å². The Morgan fingerprint density at radius 3 is 2.23 bits per heavy atom. The summed E-state index contributed by atoms with van der Waals surface area (Å²) in [6.45, 7) is 0. The van der Waals surface area contributed by atoms with E-state index in [0.29, 0.717) is 0 Å². The molecule has 0 atom stereocenters. The van der Waals surface area contributed by atoms with Gasteiger partial charge in [0, 0.05) is 27.5 Å². The summed E-state index contributed by atoms with van der Waals surface area (Å²) in [7, 11) is 2.34. The molecule has 203 valence electrons. The number of nitrogens with zero attached hydrogens (tertiary/aromatic N) is 1. The van der Waals surface area contributed by atoms with E-state index in [4.69, 9.17) is 4.74 Å². The quantitative estimate of drug-likeness (QED) is 0.214. The average molecular weight is 559 g/mol. The summed E-state index contributed by atoms with van der Waals surface area (Å²) in [5, 5.41) is 4.97. The Kier molecular flexibility index (Phi) is 4.80. The molecule has 2 aliphatic rings. The van der Waals surface area contributed by atoms with Crippen LogP contribution < -0.4 is 20.6 Å². The number of para-hydroxylation sites is 4. The number of aromatic nitrogens is 1. The number of hydrogen-bond donors (Lipinski definition) is 1. The third-order valence-corrected chi connectivity index (χ3v) is 9.18. The van der Waals surface area contributed by atoms with E-state index in [1.54, 1.807) is 0 Å². The Hall–Kier alpha value is -5.74. The van der Waals surface area contributed by atoms with E-state index < -0.39 is 0 Å². The van der Waals surface area contributed by atoms with Crippen LogP contribution in [0.4, 0.5) is 17.1 Å². The fourth-order valence-electron chi connectivity index (χ4n) is 7.18. The SMILES string of the molecule is [B]1c2cccc3c2N(c2ccccc2O3)c2cc(-c3ccccc3)cc(-c3cccc4c3[nH]c3cc5ccccc5cc34)c21. The fourth-order valence-corrected chi connectivity index (χ4v) is 7.18. The van der Waals surface area contributed by atoms with E-state index in [2.05, 4.69) is 151 Å². The molecule has 0 saturated heterocycles. The number of aromatic amines is 1. The lowest BCUT2D eigenvalue weighted by molar-refractivity contribution is 0.477. The smallest absolute Gasteiger partial charge is 0.198 e. The van der Waals surface area contributed by atoms with E-state index in [1.165, 1.54) is 49.3 Å². The first-order valence-electron chi connectivity index (χ1n) is 15.0. The van der Waals surface area contributed by atoms with Crippen molar-refractivity contribution in [1.82, 2.24) is 4.98 Å². The summed E-state index contributed by atoms with van der Waals surface area (Å²) in [5.41, 5.74) is 12.7. The second-order valence-electron chi connectivity index (χ2n) is 11.7. The second kappa shape index (κ2) is 8.89. The molecule has 0 aliphatic carbocycles. The minimum absolute atomic E-state index is 0.862. The largest absolute Gasteiger partial charge is 0.453 e. The van der Waals surface area contributed by atoms with Crippen molar-refractivity contribution < 1.29 is 4.74 Å². The van der Waals surface area contributed by atoms with Crippen LogP contribution in [0.15, 0.2) is 140 Å². The Labute approximate surface area is 255 Å². The zero-order chi connectivity index (χ0) is 28.8. The number of nitrogens with one attached hydrogen (secondary N) is 1. The Morgan fingerprint density at radius 2 is 1.32 bits per heavy atom. The number of H-pyrrole nitrogens is 1. The molecule has 0 fully saturated rings. The van der Waals surface area contributed by atoms with Crippen molar-refractivity contribution in [2.45, 2.75) is 0 Å². The average Bonchev–Trinajstić information content (AvgIpc) is 3.44. The van der Waals surface area contributed by atoms with Gasteiger partial charge in [-0.05, 0) is 75.4 Å². The summed E-state index contributed by atoms with van der Waals surface area (Å²) >= 11 is 0. The van der Waals surface area contributed by atoms with Crippen molar-refractivity contribution in [3.05, 3.63) is 140 Å². The topological polar surface area (TPSA) is 28.3 Å². The minimum atomic E-state index is 0.862. The van der Waals surface area contributed by atoms with Crippen LogP contribution in [0, 0.1) is 0 Å². The highest BCUT2D eigenvalue weighted by Gasteiger charge is 2.35. The maximum absolute atomic E-state index is 6.43. The maximum atomic E-state index is 6.43. The van der Waals surface area contributed by atoms with Crippen LogP contribution in [0.5, 0.6) is 11.5 Å². The van der Waals surface area contributed by atoms with Crippen molar-refractivity contribution >= 4 is 67.8 Å². The van der Waals surface area contributed by atoms with Crippen LogP contribution in [-0.2, 0) is 0 Å². The molecule has 1 aromatic heterocycles. The van der Waals surface area contributed by atoms with Crippen LogP contribution >= 0.6 is 0 Å². The molecule has 0 amide bonds. The molecule has 7 aromatic carbocycles. The Morgan fingerprint density at radius 1 is 0.545 bits per heavy atom. The van der Waals surface area contributed by atoms with Gasteiger partial charge in [-0.3, -0.25) is 0 Å². The summed E-state index contributed by atoms with van der Waals surface area (Å²) in [5.74, 6) is 1.74. The van der Waals surface area contributed by atoms with Crippen molar-refractivity contribution in [3.63, 3.8) is 0 Å². The predicted octanol–water partition coefficient (Wildman–Crippen LogP) is 9.35. The lowest BCUT2D eigenvalue weighted by atomic mass is 9.57. The van der Waals surface area contributed by atoms with Gasteiger partial charge in [0.1, 0.15) is 0 Å². The molecule has 0 unspecified atom stereocenters. The molecule has 8 aromatic rings. The first kappa shape index (κ1) is 23.8. The van der Waals surface area contributed by atoms with Crippen LogP contribution in [0.3, 0.4) is 0 Å². The molecule has 0 bridgehead atoms. The minimum Gasteiger partial charge on any atom is -0.453 e. The highest BCUT2D eigenvalue weighted by molar-refractivity contribution is 6.73. The number of ether oxygens (including phenoxy) is 1. The van der Waals surface area contributed by atoms with Crippen LogP contribution in [0.1, 0.15) is 0 Å². The van der Waals surface area contributed by atoms with E-state index in [1.807, 2.05) is 6.07 Å². The molecule has 1 radical (unpaired) electrons. The molecular weight excluding hydrogens is 535 g/mol. The van der Waals surface area contributed by atoms with E-state index in [9.17, 15) is 0 Å². The molecule has 3 heterocycles. The Balaban J connectivity index is 1.30. The van der Waals surface area contributed by atoms with Gasteiger partial charge < -0.3 is 14.6 Å². The molecule has 4 heteroatoms. The zero-order valence-electron chi connectivity index (χ0n) is 23.7. The van der Waals surface area contributed by atoms with Gasteiger partial charge in [0.25, 0.3) is 0 Å². The number of anilines is 3. The van der Waals surface area contributed by atoms with Gasteiger partial charge in [-0.25, -0.2) is 0 Å². The van der Waals surface area contributed by atoms with Crippen molar-refractivity contribution in [2.75, 3.05) is 4.90 Å². The fraction of sp³-hybridized carbons (Fsp3) is 0. The van der Waals surface area contributed by atoms with E-state index >= 15 is 0 Å². The number of rotatable bonds is 2. The number of fused-ring (bicyclic) bond motifs is 8. The Bertz CT molecular complexity index is 2460. The summed E-state index contributed by atoms with van der Waals surface area (Å²) < 4.78 is 6.43. The normalized spacial score (nSPS) is 12.9. The van der Waals surface area contributed by atoms with Gasteiger partial charge in [-0.1, -0.05) is 103 Å². The molecule has 2 aliphatic heterocycles. The van der Waals surface area contributed by atoms with Crippen molar-refractivity contribution in [3.8, 4) is 33.8 Å². The van der Waals surface area contributed by atoms with Crippen molar-refractivity contribution in [1.29, 1.82) is 0 Å². The highest BCUT2D eigenvalue weighted by Crippen LogP contribution is 2.51. The maximum Gasteiger partial charge on any atom is 0.198 e. The molecule has 44 heavy (non-hydrogen) atoms. The van der Waals surface area contributed by atoms with E-state index in [0.717, 1.165) is 45.1 Å². The molecule has 0 saturated carbocycles. The molecular formula is C40H24BN2O. The molecule has 1 N–H and O–H groups in total. The second-order valence-corrected chi connectivity index (χ2v) is 11.7. The van der Waals surface area contributed by atoms with Gasteiger partial charge in [0.2, 0.25) is 0 Å². The molecule has 10 rings (SSSR count). The molecule has 3 nitrogen and oxygen atoms in total. The van der Waals surface area contributed by atoms with Gasteiger partial charge in [-0.2, -0.15) is 0 Å². The van der Waals surface area contributed by atoms with Gasteiger partial charge >= 0.3 is 0 Å². The van der Waals surface area contributed by atoms with Crippen molar-refractivity contribution in [2.24, 2.45) is 0 Å². The van der Waals surface area contributed by atoms with Crippen LogP contribution in [0.2, 0.25) is 0 Å². The third-order valence-electron chi connectivity index (χ3n) is 9.18. The van der Waals surface area contributed by atoms with E-state index in [-0.39, 0.29) is 0 Å². The summed E-state index contributed by atoms with van der Waals surface area (Å²) in [6, 6.07) is 49.9. The number of benzene rings is 7. The first-order chi connectivity index (χ1) is 21.8. The van der Waals surface area contributed by atoms with Crippen LogP contribution in [-0.4, -0.2) is 12.3 Å². The van der Waals surface area contributed by atoms with Crippen LogP contribution in [0.25, 0.3) is 54.8 Å². The molecule has 0 spiro atoms. The monoisotopic (exact) mass is 559 g/mol.